The van der Waals surface area contributed by atoms with E-state index in [1.807, 2.05) is 0 Å². The molecule has 0 atom stereocenters. The Hall–Kier alpha value is -1.30. The fourth-order valence-electron chi connectivity index (χ4n) is 0.790. The van der Waals surface area contributed by atoms with E-state index in [1.165, 1.54) is 6.26 Å². The minimum absolute atomic E-state index is 0.0399. The predicted molar refractivity (Wildman–Crippen MR) is 44.1 cm³/mol. The van der Waals surface area contributed by atoms with Crippen LogP contribution in [0.3, 0.4) is 0 Å². The van der Waals surface area contributed by atoms with Gasteiger partial charge in [-0.3, -0.25) is 0 Å². The Morgan fingerprint density at radius 2 is 2.25 bits per heavy atom. The minimum Gasteiger partial charge on any atom is -0.457 e. The van der Waals surface area contributed by atoms with Crippen LogP contribution >= 0.6 is 15.9 Å². The fraction of sp³-hybridized carbons (Fsp3) is 0. The first kappa shape index (κ1) is 7.35. The van der Waals surface area contributed by atoms with Crippen molar-refractivity contribution in [1.82, 2.24) is 10.2 Å². The molecule has 0 saturated carbocycles. The molecule has 0 amide bonds. The van der Waals surface area contributed by atoms with Crippen molar-refractivity contribution >= 4 is 21.9 Å². The Labute approximate surface area is 75.7 Å². The molecule has 0 aromatic carbocycles. The minimum atomic E-state index is 0.0399. The molecule has 6 heteroatoms. The third-order valence-corrected chi connectivity index (χ3v) is 1.90. The standard InChI is InChI=1S/C6H4BrN3O2/c7-4-3(1-2-11-4)5-9-10-6(8)12-5/h1-2H,(H2,8,10). The van der Waals surface area contributed by atoms with Crippen LogP contribution in [-0.2, 0) is 0 Å². The summed E-state index contributed by atoms with van der Waals surface area (Å²) in [7, 11) is 0. The number of nitrogens with two attached hydrogens (primary N) is 1. The van der Waals surface area contributed by atoms with Gasteiger partial charge in [0.25, 0.3) is 5.89 Å². The van der Waals surface area contributed by atoms with Gasteiger partial charge in [-0.1, -0.05) is 5.10 Å². The number of rotatable bonds is 1. The van der Waals surface area contributed by atoms with Gasteiger partial charge in [0, 0.05) is 0 Å². The summed E-state index contributed by atoms with van der Waals surface area (Å²) in [6.07, 6.45) is 1.51. The summed E-state index contributed by atoms with van der Waals surface area (Å²) in [5.41, 5.74) is 5.94. The number of hydrogen-bond donors (Lipinski definition) is 1. The van der Waals surface area contributed by atoms with E-state index in [0.717, 1.165) is 0 Å². The molecular weight excluding hydrogens is 226 g/mol. The lowest BCUT2D eigenvalue weighted by molar-refractivity contribution is 0.537. The lowest BCUT2D eigenvalue weighted by Crippen LogP contribution is -1.81. The van der Waals surface area contributed by atoms with Gasteiger partial charge in [0.05, 0.1) is 11.8 Å². The maximum atomic E-state index is 5.25. The fourth-order valence-corrected chi connectivity index (χ4v) is 1.20. The molecule has 0 spiro atoms. The van der Waals surface area contributed by atoms with Gasteiger partial charge in [-0.15, -0.1) is 5.10 Å². The van der Waals surface area contributed by atoms with Crippen LogP contribution in [0.15, 0.2) is 25.8 Å². The highest BCUT2D eigenvalue weighted by Gasteiger charge is 2.11. The quantitative estimate of drug-likeness (QED) is 0.805. The lowest BCUT2D eigenvalue weighted by atomic mass is 10.3. The van der Waals surface area contributed by atoms with E-state index in [4.69, 9.17) is 14.6 Å². The molecule has 12 heavy (non-hydrogen) atoms. The smallest absolute Gasteiger partial charge is 0.313 e. The molecule has 2 aromatic rings. The molecule has 2 aromatic heterocycles. The van der Waals surface area contributed by atoms with E-state index >= 15 is 0 Å². The monoisotopic (exact) mass is 229 g/mol. The van der Waals surface area contributed by atoms with E-state index in [9.17, 15) is 0 Å². The van der Waals surface area contributed by atoms with Crippen molar-refractivity contribution in [2.75, 3.05) is 5.73 Å². The third kappa shape index (κ3) is 1.10. The van der Waals surface area contributed by atoms with E-state index in [-0.39, 0.29) is 6.01 Å². The zero-order valence-electron chi connectivity index (χ0n) is 5.82. The average molecular weight is 230 g/mol. The molecule has 0 aliphatic rings. The van der Waals surface area contributed by atoms with Crippen molar-refractivity contribution in [3.05, 3.63) is 17.0 Å². The topological polar surface area (TPSA) is 78.1 Å². The van der Waals surface area contributed by atoms with Crippen LogP contribution in [0.5, 0.6) is 0 Å². The summed E-state index contributed by atoms with van der Waals surface area (Å²) < 4.78 is 10.5. The largest absolute Gasteiger partial charge is 0.457 e. The van der Waals surface area contributed by atoms with E-state index < -0.39 is 0 Å². The molecule has 0 saturated heterocycles. The highest BCUT2D eigenvalue weighted by atomic mass is 79.9. The SMILES string of the molecule is Nc1nnc(-c2ccoc2Br)o1. The van der Waals surface area contributed by atoms with Crippen molar-refractivity contribution in [2.24, 2.45) is 0 Å². The highest BCUT2D eigenvalue weighted by molar-refractivity contribution is 9.10. The zero-order valence-corrected chi connectivity index (χ0v) is 7.41. The molecule has 0 aliphatic carbocycles. The molecule has 0 aliphatic heterocycles. The summed E-state index contributed by atoms with van der Waals surface area (Å²) in [4.78, 5) is 0. The summed E-state index contributed by atoms with van der Waals surface area (Å²) in [6.45, 7) is 0. The Kier molecular flexibility index (Phi) is 1.61. The molecule has 0 radical (unpaired) electrons. The van der Waals surface area contributed by atoms with Gasteiger partial charge >= 0.3 is 6.01 Å². The summed E-state index contributed by atoms with van der Waals surface area (Å²) in [6, 6.07) is 1.75. The number of nitrogen functional groups attached to an aromatic ring is 1. The van der Waals surface area contributed by atoms with E-state index in [1.54, 1.807) is 6.07 Å². The van der Waals surface area contributed by atoms with Crippen molar-refractivity contribution in [3.63, 3.8) is 0 Å². The molecule has 2 N–H and O–H groups in total. The summed E-state index contributed by atoms with van der Waals surface area (Å²) >= 11 is 3.18. The van der Waals surface area contributed by atoms with Crippen molar-refractivity contribution in [2.45, 2.75) is 0 Å². The molecule has 62 valence electrons. The van der Waals surface area contributed by atoms with E-state index in [2.05, 4.69) is 26.1 Å². The van der Waals surface area contributed by atoms with Crippen LogP contribution in [0.4, 0.5) is 6.01 Å². The van der Waals surface area contributed by atoms with Gasteiger partial charge in [-0.05, 0) is 22.0 Å². The number of furan rings is 1. The van der Waals surface area contributed by atoms with Crippen LogP contribution in [0.1, 0.15) is 0 Å². The van der Waals surface area contributed by atoms with Crippen LogP contribution in [-0.4, -0.2) is 10.2 Å². The molecule has 5 nitrogen and oxygen atoms in total. The summed E-state index contributed by atoms with van der Waals surface area (Å²) in [5, 5.41) is 7.20. The average Bonchev–Trinajstić information content (AvgIpc) is 2.58. The zero-order chi connectivity index (χ0) is 8.55. The Bertz CT molecular complexity index is 395. The number of anilines is 1. The van der Waals surface area contributed by atoms with Gasteiger partial charge in [-0.2, -0.15) is 0 Å². The van der Waals surface area contributed by atoms with Gasteiger partial charge in [0.2, 0.25) is 0 Å². The van der Waals surface area contributed by atoms with Crippen molar-refractivity contribution < 1.29 is 8.83 Å². The van der Waals surface area contributed by atoms with Gasteiger partial charge in [0.1, 0.15) is 0 Å². The lowest BCUT2D eigenvalue weighted by Gasteiger charge is -1.86. The predicted octanol–water partition coefficient (Wildman–Crippen LogP) is 1.67. The molecule has 0 fully saturated rings. The first-order valence-electron chi connectivity index (χ1n) is 3.09. The maximum absolute atomic E-state index is 5.25. The summed E-state index contributed by atoms with van der Waals surface area (Å²) in [5.74, 6) is 0.341. The first-order valence-corrected chi connectivity index (χ1v) is 3.89. The maximum Gasteiger partial charge on any atom is 0.313 e. The number of nitrogens with zero attached hydrogens (tertiary/aromatic N) is 2. The van der Waals surface area contributed by atoms with Gasteiger partial charge in [0.15, 0.2) is 4.67 Å². The first-order chi connectivity index (χ1) is 5.77. The second-order valence-electron chi connectivity index (χ2n) is 2.05. The van der Waals surface area contributed by atoms with Crippen LogP contribution in [0.25, 0.3) is 11.5 Å². The molecular formula is C6H4BrN3O2. The van der Waals surface area contributed by atoms with Crippen LogP contribution in [0, 0.1) is 0 Å². The Balaban J connectivity index is 2.50. The van der Waals surface area contributed by atoms with Gasteiger partial charge < -0.3 is 14.6 Å². The number of aromatic nitrogens is 2. The van der Waals surface area contributed by atoms with Crippen molar-refractivity contribution in [1.29, 1.82) is 0 Å². The van der Waals surface area contributed by atoms with Crippen molar-refractivity contribution in [3.8, 4) is 11.5 Å². The van der Waals surface area contributed by atoms with Crippen LogP contribution in [0.2, 0.25) is 0 Å². The van der Waals surface area contributed by atoms with E-state index in [0.29, 0.717) is 16.1 Å². The second kappa shape index (κ2) is 2.63. The highest BCUT2D eigenvalue weighted by Crippen LogP contribution is 2.28. The second-order valence-corrected chi connectivity index (χ2v) is 2.77. The number of halogens is 1. The van der Waals surface area contributed by atoms with Gasteiger partial charge in [-0.25, -0.2) is 0 Å². The molecule has 2 heterocycles. The molecule has 2 rings (SSSR count). The normalized spacial score (nSPS) is 10.4. The molecule has 0 unspecified atom stereocenters. The molecule has 0 bridgehead atoms. The third-order valence-electron chi connectivity index (χ3n) is 1.29. The van der Waals surface area contributed by atoms with Crippen LogP contribution < -0.4 is 5.73 Å². The Morgan fingerprint density at radius 1 is 1.42 bits per heavy atom. The Morgan fingerprint density at radius 3 is 2.75 bits per heavy atom. The number of hydrogen-bond acceptors (Lipinski definition) is 5.